The molecule has 0 aromatic carbocycles. The number of rotatable bonds is 2. The Hall–Kier alpha value is -3.16. The van der Waals surface area contributed by atoms with Gasteiger partial charge in [-0.2, -0.15) is 0 Å². The van der Waals surface area contributed by atoms with Crippen LogP contribution >= 0.6 is 0 Å². The van der Waals surface area contributed by atoms with Gasteiger partial charge in [0.2, 0.25) is 5.91 Å². The molecule has 4 bridgehead atoms. The van der Waals surface area contributed by atoms with Crippen LogP contribution in [0.5, 0.6) is 0 Å². The summed E-state index contributed by atoms with van der Waals surface area (Å²) in [5.41, 5.74) is 8.55. The smallest absolute Gasteiger partial charge is 0.251 e. The third-order valence-corrected chi connectivity index (χ3v) is 6.63. The maximum absolute atomic E-state index is 12.3. The van der Waals surface area contributed by atoms with Crippen molar-refractivity contribution in [1.82, 2.24) is 36.8 Å². The van der Waals surface area contributed by atoms with E-state index in [9.17, 15) is 9.59 Å². The van der Waals surface area contributed by atoms with Crippen molar-refractivity contribution in [3.05, 3.63) is 53.6 Å². The molecule has 0 fully saturated rings. The highest BCUT2D eigenvalue weighted by Crippen LogP contribution is 2.14. The first-order valence-electron chi connectivity index (χ1n) is 13.4. The van der Waals surface area contributed by atoms with E-state index in [0.29, 0.717) is 25.9 Å². The zero-order valence-corrected chi connectivity index (χ0v) is 22.0. The predicted octanol–water partition coefficient (Wildman–Crippen LogP) is 0.176. The number of nitrogens with zero attached hydrogens (tertiary/aromatic N) is 2. The molecule has 12 nitrogen and oxygen atoms in total. The number of hydrazine groups is 2. The average Bonchev–Trinajstić information content (AvgIpc) is 2.94. The maximum atomic E-state index is 12.3. The van der Waals surface area contributed by atoms with Gasteiger partial charge in [0.15, 0.2) is 0 Å². The van der Waals surface area contributed by atoms with Crippen molar-refractivity contribution >= 4 is 17.5 Å². The van der Waals surface area contributed by atoms with E-state index in [1.54, 1.807) is 12.4 Å². The zero-order chi connectivity index (χ0) is 27.0. The molecular weight excluding hydrogens is 484 g/mol. The first-order valence-corrected chi connectivity index (χ1v) is 13.4. The van der Waals surface area contributed by atoms with Crippen molar-refractivity contribution in [1.29, 1.82) is 0 Å². The van der Waals surface area contributed by atoms with E-state index in [-0.39, 0.29) is 17.7 Å². The van der Waals surface area contributed by atoms with E-state index < -0.39 is 6.04 Å². The number of nitrogens with two attached hydrogens (primary N) is 2. The van der Waals surface area contributed by atoms with Crippen molar-refractivity contribution in [3.63, 3.8) is 0 Å². The lowest BCUT2D eigenvalue weighted by Crippen LogP contribution is -2.46. The van der Waals surface area contributed by atoms with Crippen LogP contribution in [0.15, 0.2) is 36.9 Å². The average molecular weight is 527 g/mol. The van der Waals surface area contributed by atoms with Gasteiger partial charge in [-0.05, 0) is 61.5 Å². The molecule has 0 saturated heterocycles. The van der Waals surface area contributed by atoms with Crippen LogP contribution in [-0.2, 0) is 29.2 Å². The molecule has 3 rings (SSSR count). The van der Waals surface area contributed by atoms with Gasteiger partial charge in [0.05, 0.1) is 17.6 Å². The van der Waals surface area contributed by atoms with Crippen LogP contribution in [0.1, 0.15) is 55.2 Å². The molecule has 3 heterocycles. The van der Waals surface area contributed by atoms with E-state index in [2.05, 4.69) is 48.2 Å². The highest BCUT2D eigenvalue weighted by molar-refractivity contribution is 5.81. The minimum absolute atomic E-state index is 0.190. The highest BCUT2D eigenvalue weighted by Gasteiger charge is 2.18. The van der Waals surface area contributed by atoms with Crippen molar-refractivity contribution in [2.75, 3.05) is 25.0 Å². The first-order chi connectivity index (χ1) is 18.6. The number of fused-ring (bicyclic) bond motifs is 4. The van der Waals surface area contributed by atoms with Crippen LogP contribution in [0.2, 0.25) is 0 Å². The molecule has 38 heavy (non-hydrogen) atoms. The van der Waals surface area contributed by atoms with E-state index in [1.807, 2.05) is 18.5 Å². The van der Waals surface area contributed by atoms with E-state index >= 15 is 0 Å². The van der Waals surface area contributed by atoms with Gasteiger partial charge in [-0.25, -0.2) is 11.7 Å². The topological polar surface area (TPSA) is 184 Å². The molecule has 0 spiro atoms. The molecule has 0 saturated carbocycles. The van der Waals surface area contributed by atoms with Gasteiger partial charge in [-0.15, -0.1) is 0 Å². The van der Waals surface area contributed by atoms with Crippen LogP contribution in [0.25, 0.3) is 0 Å². The summed E-state index contributed by atoms with van der Waals surface area (Å²) in [6.07, 6.45) is 12.2. The molecule has 10 N–H and O–H groups in total. The van der Waals surface area contributed by atoms with Crippen LogP contribution < -0.4 is 43.8 Å². The van der Waals surface area contributed by atoms with Gasteiger partial charge >= 0.3 is 0 Å². The monoisotopic (exact) mass is 526 g/mol. The van der Waals surface area contributed by atoms with Gasteiger partial charge in [0, 0.05) is 51.0 Å². The summed E-state index contributed by atoms with van der Waals surface area (Å²) >= 11 is 0. The number of nitrogens with one attached hydrogen (secondary N) is 6. The fraction of sp³-hybridized carbons (Fsp3) is 0.538. The summed E-state index contributed by atoms with van der Waals surface area (Å²) < 4.78 is 0. The van der Waals surface area contributed by atoms with Crippen LogP contribution in [0.4, 0.5) is 5.69 Å². The Morgan fingerprint density at radius 1 is 0.763 bits per heavy atom. The maximum Gasteiger partial charge on any atom is 0.251 e. The van der Waals surface area contributed by atoms with Crippen LogP contribution in [-0.4, -0.2) is 47.5 Å². The van der Waals surface area contributed by atoms with Crippen molar-refractivity contribution in [3.8, 4) is 0 Å². The lowest BCUT2D eigenvalue weighted by atomic mass is 10.0. The summed E-state index contributed by atoms with van der Waals surface area (Å²) in [6.45, 7) is 4.10. The summed E-state index contributed by atoms with van der Waals surface area (Å²) in [4.78, 5) is 33.4. The zero-order valence-electron chi connectivity index (χ0n) is 22.0. The first kappa shape index (κ1) is 29.4. The summed E-state index contributed by atoms with van der Waals surface area (Å²) in [5.74, 6) is 10.2. The van der Waals surface area contributed by atoms with Crippen molar-refractivity contribution in [2.24, 2.45) is 17.6 Å². The molecule has 0 aliphatic carbocycles. The van der Waals surface area contributed by atoms with Gasteiger partial charge in [0.25, 0.3) is 5.91 Å². The third kappa shape index (κ3) is 10.3. The fourth-order valence-corrected chi connectivity index (χ4v) is 4.47. The highest BCUT2D eigenvalue weighted by atomic mass is 16.2. The number of anilines is 1. The molecule has 0 radical (unpaired) electrons. The Labute approximate surface area is 224 Å². The second kappa shape index (κ2) is 16.6. The number of amides is 2. The molecule has 2 unspecified atom stereocenters. The second-order valence-electron chi connectivity index (χ2n) is 9.66. The lowest BCUT2D eigenvalue weighted by molar-refractivity contribution is -0.125. The Morgan fingerprint density at radius 2 is 1.37 bits per heavy atom. The number of pyridine rings is 2. The third-order valence-electron chi connectivity index (χ3n) is 6.63. The van der Waals surface area contributed by atoms with Gasteiger partial charge in [-0.1, -0.05) is 18.9 Å². The van der Waals surface area contributed by atoms with Crippen molar-refractivity contribution in [2.45, 2.75) is 64.2 Å². The molecule has 2 aromatic rings. The normalized spacial score (nSPS) is 20.8. The molecule has 1 aliphatic heterocycles. The minimum atomic E-state index is -0.409. The summed E-state index contributed by atoms with van der Waals surface area (Å²) in [5, 5.41) is 13.5. The Balaban J connectivity index is 1.65. The largest absolute Gasteiger partial charge is 0.383 e. The number of carbonyl (C=O) groups excluding carboxylic acids is 2. The Morgan fingerprint density at radius 3 is 2.03 bits per heavy atom. The fourth-order valence-electron chi connectivity index (χ4n) is 4.47. The van der Waals surface area contributed by atoms with Crippen LogP contribution in [0.3, 0.4) is 0 Å². The lowest BCUT2D eigenvalue weighted by Gasteiger charge is -2.19. The number of hydrogen-bond donors (Lipinski definition) is 8. The number of hydrogen-bond acceptors (Lipinski definition) is 10. The van der Waals surface area contributed by atoms with E-state index in [4.69, 9.17) is 11.7 Å². The van der Waals surface area contributed by atoms with Gasteiger partial charge in [-0.3, -0.25) is 30.4 Å². The number of carbonyl (C=O) groups is 2. The molecule has 208 valence electrons. The van der Waals surface area contributed by atoms with E-state index in [1.165, 1.54) is 0 Å². The molecule has 2 atom stereocenters. The van der Waals surface area contributed by atoms with Crippen LogP contribution in [0, 0.1) is 5.92 Å². The molecule has 2 amide bonds. The minimum Gasteiger partial charge on any atom is -0.383 e. The Kier molecular flexibility index (Phi) is 12.9. The van der Waals surface area contributed by atoms with Crippen molar-refractivity contribution < 1.29 is 9.59 Å². The summed E-state index contributed by atoms with van der Waals surface area (Å²) in [6, 6.07) is 3.71. The van der Waals surface area contributed by atoms with Gasteiger partial charge < -0.3 is 21.3 Å². The second-order valence-corrected chi connectivity index (χ2v) is 9.66. The SMILES string of the molecule is NNC(=O)C1CCCCNCc2cncc(c2)CNCCCCC(C(=O)NN)NCc2cncc(c2)NC1. The standard InChI is InChI=1S/C26H42N10O2/c27-35-25(37)22-5-1-3-7-29-11-19-9-20(14-31-13-19)12-30-8-4-2-6-24(26(38)36-28)34-16-21-10-23(33-17-22)18-32-15-21/h9-10,13-15,18,22,24,29-30,33-34H,1-8,11-12,16-17,27-28H2,(H,35,37)(H,36,38). The van der Waals surface area contributed by atoms with E-state index in [0.717, 1.165) is 74.2 Å². The molecule has 1 aliphatic rings. The Bertz CT molecular complexity index is 935. The number of aromatic nitrogens is 2. The summed E-state index contributed by atoms with van der Waals surface area (Å²) in [7, 11) is 0. The molecule has 2 aromatic heterocycles. The molecular formula is C26H42N10O2. The van der Waals surface area contributed by atoms with Gasteiger partial charge in [0.1, 0.15) is 0 Å². The molecule has 12 heteroatoms. The predicted molar refractivity (Wildman–Crippen MR) is 147 cm³/mol. The quantitative estimate of drug-likeness (QED) is 0.152.